The van der Waals surface area contributed by atoms with Gasteiger partial charge in [-0.3, -0.25) is 19.4 Å². The topological polar surface area (TPSA) is 87.6 Å². The first-order valence-corrected chi connectivity index (χ1v) is 9.34. The van der Waals surface area contributed by atoms with Gasteiger partial charge in [-0.25, -0.2) is 0 Å². The van der Waals surface area contributed by atoms with E-state index in [2.05, 4.69) is 37.6 Å². The van der Waals surface area contributed by atoms with E-state index in [4.69, 9.17) is 5.11 Å². The van der Waals surface area contributed by atoms with Crippen LogP contribution in [-0.4, -0.2) is 121 Å². The molecule has 0 unspecified atom stereocenters. The van der Waals surface area contributed by atoms with Crippen LogP contribution in [-0.2, 0) is 9.59 Å². The smallest absolute Gasteiger partial charge is 0.317 e. The summed E-state index contributed by atoms with van der Waals surface area (Å²) < 4.78 is 0. The van der Waals surface area contributed by atoms with E-state index in [0.717, 1.165) is 32.7 Å². The van der Waals surface area contributed by atoms with Gasteiger partial charge in [0.25, 0.3) is 0 Å². The lowest BCUT2D eigenvalue weighted by Crippen LogP contribution is -2.48. The SMILES string of the molecule is CN1CCN(CC(=O)O)CCN(CC(=O)O)CCN(CC(C)(C)C)CC1. The molecule has 152 valence electrons. The van der Waals surface area contributed by atoms with Crippen LogP contribution >= 0.6 is 0 Å². The third-order valence-electron chi connectivity index (χ3n) is 4.48. The molecule has 1 rings (SSSR count). The average Bonchev–Trinajstić information content (AvgIpc) is 2.48. The predicted octanol–water partition coefficient (Wildman–Crippen LogP) is 0.0531. The maximum atomic E-state index is 11.2. The lowest BCUT2D eigenvalue weighted by atomic mass is 9.96. The Morgan fingerprint density at radius 2 is 1.08 bits per heavy atom. The number of carbonyl (C=O) groups is 2. The Morgan fingerprint density at radius 3 is 1.46 bits per heavy atom. The van der Waals surface area contributed by atoms with E-state index < -0.39 is 11.9 Å². The average molecular weight is 373 g/mol. The highest BCUT2D eigenvalue weighted by atomic mass is 16.4. The Kier molecular flexibility index (Phi) is 9.49. The third-order valence-corrected chi connectivity index (χ3v) is 4.48. The fourth-order valence-corrected chi connectivity index (χ4v) is 3.16. The normalized spacial score (nSPS) is 21.1. The molecular weight excluding hydrogens is 336 g/mol. The highest BCUT2D eigenvalue weighted by Gasteiger charge is 2.20. The molecule has 8 heteroatoms. The van der Waals surface area contributed by atoms with Crippen LogP contribution < -0.4 is 0 Å². The summed E-state index contributed by atoms with van der Waals surface area (Å²) >= 11 is 0. The molecule has 0 aromatic rings. The van der Waals surface area contributed by atoms with E-state index >= 15 is 0 Å². The zero-order valence-electron chi connectivity index (χ0n) is 16.8. The van der Waals surface area contributed by atoms with Crippen molar-refractivity contribution >= 4 is 11.9 Å². The van der Waals surface area contributed by atoms with Gasteiger partial charge in [-0.15, -0.1) is 0 Å². The number of rotatable bonds is 5. The van der Waals surface area contributed by atoms with Gasteiger partial charge < -0.3 is 20.0 Å². The van der Waals surface area contributed by atoms with Crippen molar-refractivity contribution in [1.29, 1.82) is 0 Å². The fourth-order valence-electron chi connectivity index (χ4n) is 3.16. The van der Waals surface area contributed by atoms with E-state index in [0.29, 0.717) is 26.2 Å². The maximum absolute atomic E-state index is 11.2. The molecule has 1 aliphatic heterocycles. The quantitative estimate of drug-likeness (QED) is 0.700. The van der Waals surface area contributed by atoms with Crippen LogP contribution in [0.5, 0.6) is 0 Å². The summed E-state index contributed by atoms with van der Waals surface area (Å²) in [6.07, 6.45) is 0. The van der Waals surface area contributed by atoms with Gasteiger partial charge in [0, 0.05) is 58.9 Å². The molecule has 0 atom stereocenters. The van der Waals surface area contributed by atoms with Crippen molar-refractivity contribution in [2.45, 2.75) is 20.8 Å². The van der Waals surface area contributed by atoms with Crippen LogP contribution in [0.15, 0.2) is 0 Å². The third kappa shape index (κ3) is 10.7. The summed E-state index contributed by atoms with van der Waals surface area (Å²) in [6, 6.07) is 0. The maximum Gasteiger partial charge on any atom is 0.317 e. The molecule has 1 fully saturated rings. The van der Waals surface area contributed by atoms with Gasteiger partial charge >= 0.3 is 11.9 Å². The minimum atomic E-state index is -0.846. The Bertz CT molecular complexity index is 453. The van der Waals surface area contributed by atoms with Gasteiger partial charge in [0.2, 0.25) is 0 Å². The molecular formula is C18H36N4O4. The van der Waals surface area contributed by atoms with Crippen molar-refractivity contribution in [3.8, 4) is 0 Å². The molecule has 0 aliphatic carbocycles. The van der Waals surface area contributed by atoms with E-state index in [1.807, 2.05) is 9.80 Å². The van der Waals surface area contributed by atoms with Crippen molar-refractivity contribution in [3.05, 3.63) is 0 Å². The Morgan fingerprint density at radius 1 is 0.731 bits per heavy atom. The molecule has 0 bridgehead atoms. The molecule has 2 N–H and O–H groups in total. The molecule has 1 saturated heterocycles. The van der Waals surface area contributed by atoms with Crippen LogP contribution in [0.2, 0.25) is 0 Å². The molecule has 0 amide bonds. The molecule has 26 heavy (non-hydrogen) atoms. The van der Waals surface area contributed by atoms with E-state index in [1.165, 1.54) is 0 Å². The number of hydrogen-bond donors (Lipinski definition) is 2. The summed E-state index contributed by atoms with van der Waals surface area (Å²) in [5.41, 5.74) is 0.186. The van der Waals surface area contributed by atoms with Crippen molar-refractivity contribution in [3.63, 3.8) is 0 Å². The lowest BCUT2D eigenvalue weighted by molar-refractivity contribution is -0.140. The fraction of sp³-hybridized carbons (Fsp3) is 0.889. The number of likely N-dealkylation sites (N-methyl/N-ethyl adjacent to an activating group) is 1. The van der Waals surface area contributed by atoms with Crippen LogP contribution in [0, 0.1) is 5.41 Å². The van der Waals surface area contributed by atoms with Crippen molar-refractivity contribution in [2.75, 3.05) is 79.0 Å². The number of nitrogens with zero attached hydrogens (tertiary/aromatic N) is 4. The van der Waals surface area contributed by atoms with Crippen LogP contribution in [0.25, 0.3) is 0 Å². The lowest BCUT2D eigenvalue weighted by Gasteiger charge is -2.35. The van der Waals surface area contributed by atoms with Crippen molar-refractivity contribution < 1.29 is 19.8 Å². The molecule has 0 spiro atoms. The first-order valence-electron chi connectivity index (χ1n) is 9.34. The largest absolute Gasteiger partial charge is 0.480 e. The molecule has 8 nitrogen and oxygen atoms in total. The first kappa shape index (κ1) is 22.8. The second-order valence-electron chi connectivity index (χ2n) is 8.48. The number of carboxylic acid groups (broad SMARTS) is 2. The van der Waals surface area contributed by atoms with Crippen molar-refractivity contribution in [2.24, 2.45) is 5.41 Å². The Balaban J connectivity index is 2.79. The van der Waals surface area contributed by atoms with Gasteiger partial charge in [0.05, 0.1) is 13.1 Å². The molecule has 0 saturated carbocycles. The molecule has 0 aromatic carbocycles. The van der Waals surface area contributed by atoms with Gasteiger partial charge in [0.15, 0.2) is 0 Å². The summed E-state index contributed by atoms with van der Waals surface area (Å²) in [7, 11) is 2.07. The van der Waals surface area contributed by atoms with E-state index in [-0.39, 0.29) is 18.5 Å². The molecule has 0 radical (unpaired) electrons. The molecule has 0 aromatic heterocycles. The van der Waals surface area contributed by atoms with Crippen LogP contribution in [0.3, 0.4) is 0 Å². The highest BCUT2D eigenvalue weighted by Crippen LogP contribution is 2.15. The zero-order chi connectivity index (χ0) is 19.7. The monoisotopic (exact) mass is 372 g/mol. The molecule has 1 heterocycles. The highest BCUT2D eigenvalue weighted by molar-refractivity contribution is 5.69. The van der Waals surface area contributed by atoms with Gasteiger partial charge in [-0.2, -0.15) is 0 Å². The summed E-state index contributed by atoms with van der Waals surface area (Å²) in [5, 5.41) is 18.3. The van der Waals surface area contributed by atoms with E-state index in [9.17, 15) is 14.7 Å². The van der Waals surface area contributed by atoms with Crippen LogP contribution in [0.1, 0.15) is 20.8 Å². The number of carboxylic acids is 2. The Hall–Kier alpha value is -1.22. The predicted molar refractivity (Wildman–Crippen MR) is 102 cm³/mol. The van der Waals surface area contributed by atoms with Crippen LogP contribution in [0.4, 0.5) is 0 Å². The van der Waals surface area contributed by atoms with Gasteiger partial charge in [-0.1, -0.05) is 20.8 Å². The number of hydrogen-bond acceptors (Lipinski definition) is 6. The summed E-state index contributed by atoms with van der Waals surface area (Å²) in [6.45, 7) is 13.5. The number of aliphatic carboxylic acids is 2. The molecule has 1 aliphatic rings. The second kappa shape index (κ2) is 10.8. The van der Waals surface area contributed by atoms with Gasteiger partial charge in [-0.05, 0) is 12.5 Å². The standard InChI is InChI=1S/C18H36N4O4/c1-18(2,3)15-22-8-6-19(4)5-7-20(13-16(23)24)9-10-21(11-12-22)14-17(25)26/h5-15H2,1-4H3,(H,23,24)(H,25,26). The van der Waals surface area contributed by atoms with E-state index in [1.54, 1.807) is 0 Å². The summed E-state index contributed by atoms with van der Waals surface area (Å²) in [4.78, 5) is 30.7. The first-order chi connectivity index (χ1) is 12.0. The zero-order valence-corrected chi connectivity index (χ0v) is 16.8. The van der Waals surface area contributed by atoms with Gasteiger partial charge in [0.1, 0.15) is 0 Å². The second-order valence-corrected chi connectivity index (χ2v) is 8.48. The Labute approximate surface area is 157 Å². The minimum absolute atomic E-state index is 0.00903. The van der Waals surface area contributed by atoms with Crippen molar-refractivity contribution in [1.82, 2.24) is 19.6 Å². The summed E-state index contributed by atoms with van der Waals surface area (Å²) in [5.74, 6) is -1.69. The minimum Gasteiger partial charge on any atom is -0.480 e.